The standard InChI is InChI=1S/C26H30N6O/c1-18(2)33-25-16-28-7-6-22(25)20-3-4-23-24(14-20)31-26(30-23)15-21-13-19(5-8-29-21)17-32-11-9-27-10-12-32/h3-8,13-14,16,18,27H,9-12,15,17H2,1-2H3,(H,30,31). The average Bonchev–Trinajstić information content (AvgIpc) is 3.21. The van der Waals surface area contributed by atoms with E-state index in [4.69, 9.17) is 9.72 Å². The second-order valence-electron chi connectivity index (χ2n) is 8.81. The van der Waals surface area contributed by atoms with Crippen molar-refractivity contribution < 1.29 is 4.74 Å². The van der Waals surface area contributed by atoms with Crippen molar-refractivity contribution in [3.8, 4) is 16.9 Å². The predicted molar refractivity (Wildman–Crippen MR) is 130 cm³/mol. The second-order valence-corrected chi connectivity index (χ2v) is 8.81. The Bertz CT molecular complexity index is 1230. The predicted octanol–water partition coefficient (Wildman–Crippen LogP) is 3.80. The molecule has 0 radical (unpaired) electrons. The van der Waals surface area contributed by atoms with Gasteiger partial charge in [-0.1, -0.05) is 6.07 Å². The Hall–Kier alpha value is -3.29. The fourth-order valence-electron chi connectivity index (χ4n) is 4.30. The molecule has 0 bridgehead atoms. The second kappa shape index (κ2) is 9.68. The van der Waals surface area contributed by atoms with E-state index in [1.54, 1.807) is 12.4 Å². The van der Waals surface area contributed by atoms with E-state index >= 15 is 0 Å². The van der Waals surface area contributed by atoms with E-state index in [9.17, 15) is 0 Å². The molecule has 1 saturated heterocycles. The van der Waals surface area contributed by atoms with Crippen LogP contribution in [0, 0.1) is 0 Å². The molecule has 7 heteroatoms. The van der Waals surface area contributed by atoms with Crippen LogP contribution >= 0.6 is 0 Å². The van der Waals surface area contributed by atoms with E-state index in [1.807, 2.05) is 26.1 Å². The lowest BCUT2D eigenvalue weighted by Crippen LogP contribution is -2.42. The molecule has 0 aliphatic carbocycles. The number of aromatic nitrogens is 4. The third kappa shape index (κ3) is 5.21. The lowest BCUT2D eigenvalue weighted by atomic mass is 10.1. The Kier molecular flexibility index (Phi) is 6.32. The number of H-pyrrole nitrogens is 1. The summed E-state index contributed by atoms with van der Waals surface area (Å²) in [6.07, 6.45) is 6.25. The van der Waals surface area contributed by atoms with Gasteiger partial charge in [0.05, 0.1) is 23.3 Å². The minimum atomic E-state index is 0.0882. The summed E-state index contributed by atoms with van der Waals surface area (Å²) in [6.45, 7) is 9.30. The van der Waals surface area contributed by atoms with E-state index < -0.39 is 0 Å². The van der Waals surface area contributed by atoms with Gasteiger partial charge in [0.15, 0.2) is 0 Å². The maximum Gasteiger partial charge on any atom is 0.145 e. The molecular weight excluding hydrogens is 412 g/mol. The Morgan fingerprint density at radius 3 is 2.79 bits per heavy atom. The third-order valence-electron chi connectivity index (χ3n) is 5.83. The number of rotatable bonds is 7. The number of ether oxygens (including phenoxy) is 1. The molecule has 1 aliphatic heterocycles. The number of hydrogen-bond donors (Lipinski definition) is 2. The summed E-state index contributed by atoms with van der Waals surface area (Å²) >= 11 is 0. The Labute approximate surface area is 194 Å². The number of nitrogens with zero attached hydrogens (tertiary/aromatic N) is 4. The van der Waals surface area contributed by atoms with E-state index in [1.165, 1.54) is 5.56 Å². The van der Waals surface area contributed by atoms with Crippen molar-refractivity contribution >= 4 is 11.0 Å². The summed E-state index contributed by atoms with van der Waals surface area (Å²) in [4.78, 5) is 19.6. The number of hydrogen-bond acceptors (Lipinski definition) is 6. The first-order valence-electron chi connectivity index (χ1n) is 11.6. The Morgan fingerprint density at radius 1 is 1.06 bits per heavy atom. The van der Waals surface area contributed by atoms with Gasteiger partial charge in [-0.3, -0.25) is 14.9 Å². The Balaban J connectivity index is 1.35. The number of nitrogens with one attached hydrogen (secondary N) is 2. The van der Waals surface area contributed by atoms with Gasteiger partial charge in [0.25, 0.3) is 0 Å². The SMILES string of the molecule is CC(C)Oc1cnccc1-c1ccc2nc(Cc3cc(CN4CCNCC4)ccn3)[nH]c2c1. The molecular formula is C26H30N6O. The summed E-state index contributed by atoms with van der Waals surface area (Å²) < 4.78 is 5.96. The summed E-state index contributed by atoms with van der Waals surface area (Å²) in [7, 11) is 0. The number of imidazole rings is 1. The minimum absolute atomic E-state index is 0.0882. The van der Waals surface area contributed by atoms with Crippen molar-refractivity contribution in [1.29, 1.82) is 0 Å². The quantitative estimate of drug-likeness (QED) is 0.453. The number of fused-ring (bicyclic) bond motifs is 1. The van der Waals surface area contributed by atoms with Crippen molar-refractivity contribution in [2.45, 2.75) is 32.9 Å². The van der Waals surface area contributed by atoms with Gasteiger partial charge < -0.3 is 15.0 Å². The topological polar surface area (TPSA) is 79.0 Å². The van der Waals surface area contributed by atoms with Crippen LogP contribution in [0.4, 0.5) is 0 Å². The number of pyridine rings is 2. The van der Waals surface area contributed by atoms with Crippen LogP contribution < -0.4 is 10.1 Å². The van der Waals surface area contributed by atoms with Crippen LogP contribution in [0.15, 0.2) is 55.0 Å². The van der Waals surface area contributed by atoms with Gasteiger partial charge in [0.2, 0.25) is 0 Å². The zero-order chi connectivity index (χ0) is 22.6. The normalized spacial score (nSPS) is 14.8. The summed E-state index contributed by atoms with van der Waals surface area (Å²) in [5.41, 5.74) is 6.39. The molecule has 7 nitrogen and oxygen atoms in total. The smallest absolute Gasteiger partial charge is 0.145 e. The van der Waals surface area contributed by atoms with Crippen LogP contribution in [0.3, 0.4) is 0 Å². The monoisotopic (exact) mass is 442 g/mol. The lowest BCUT2D eigenvalue weighted by molar-refractivity contribution is 0.233. The van der Waals surface area contributed by atoms with E-state index in [2.05, 4.69) is 55.5 Å². The molecule has 33 heavy (non-hydrogen) atoms. The van der Waals surface area contributed by atoms with Crippen molar-refractivity contribution in [2.24, 2.45) is 0 Å². The zero-order valence-electron chi connectivity index (χ0n) is 19.2. The van der Waals surface area contributed by atoms with Crippen LogP contribution in [0.1, 0.15) is 30.9 Å². The molecule has 170 valence electrons. The first kappa shape index (κ1) is 21.6. The van der Waals surface area contributed by atoms with Crippen molar-refractivity contribution in [2.75, 3.05) is 26.2 Å². The zero-order valence-corrected chi connectivity index (χ0v) is 19.2. The van der Waals surface area contributed by atoms with E-state index in [-0.39, 0.29) is 6.10 Å². The van der Waals surface area contributed by atoms with Crippen LogP contribution in [-0.2, 0) is 13.0 Å². The van der Waals surface area contributed by atoms with Gasteiger partial charge >= 0.3 is 0 Å². The highest BCUT2D eigenvalue weighted by Crippen LogP contribution is 2.31. The highest BCUT2D eigenvalue weighted by Gasteiger charge is 2.13. The highest BCUT2D eigenvalue weighted by atomic mass is 16.5. The largest absolute Gasteiger partial charge is 0.489 e. The van der Waals surface area contributed by atoms with Crippen molar-refractivity contribution in [3.05, 3.63) is 72.1 Å². The molecule has 0 unspecified atom stereocenters. The van der Waals surface area contributed by atoms with Crippen LogP contribution in [0.2, 0.25) is 0 Å². The molecule has 5 rings (SSSR count). The molecule has 3 aromatic heterocycles. The van der Waals surface area contributed by atoms with Gasteiger partial charge in [0, 0.05) is 62.8 Å². The van der Waals surface area contributed by atoms with Crippen LogP contribution in [0.25, 0.3) is 22.2 Å². The minimum Gasteiger partial charge on any atom is -0.489 e. The van der Waals surface area contributed by atoms with Gasteiger partial charge in [0.1, 0.15) is 11.6 Å². The fraction of sp³-hybridized carbons (Fsp3) is 0.346. The number of aromatic amines is 1. The van der Waals surface area contributed by atoms with E-state index in [0.717, 1.165) is 72.2 Å². The maximum atomic E-state index is 5.96. The van der Waals surface area contributed by atoms with Gasteiger partial charge in [-0.05, 0) is 55.3 Å². The van der Waals surface area contributed by atoms with Crippen molar-refractivity contribution in [1.82, 2.24) is 30.2 Å². The summed E-state index contributed by atoms with van der Waals surface area (Å²) in [5.74, 6) is 1.71. The Morgan fingerprint density at radius 2 is 1.94 bits per heavy atom. The van der Waals surface area contributed by atoms with E-state index in [0.29, 0.717) is 6.42 Å². The summed E-state index contributed by atoms with van der Waals surface area (Å²) in [5, 5.41) is 3.41. The number of piperazine rings is 1. The molecule has 0 spiro atoms. The molecule has 2 N–H and O–H groups in total. The molecule has 1 fully saturated rings. The first-order valence-corrected chi connectivity index (χ1v) is 11.6. The average molecular weight is 443 g/mol. The molecule has 0 saturated carbocycles. The first-order chi connectivity index (χ1) is 16.1. The van der Waals surface area contributed by atoms with Crippen molar-refractivity contribution in [3.63, 3.8) is 0 Å². The fourth-order valence-corrected chi connectivity index (χ4v) is 4.30. The van der Waals surface area contributed by atoms with Gasteiger partial charge in [-0.15, -0.1) is 0 Å². The lowest BCUT2D eigenvalue weighted by Gasteiger charge is -2.27. The summed E-state index contributed by atoms with van der Waals surface area (Å²) in [6, 6.07) is 12.6. The highest BCUT2D eigenvalue weighted by molar-refractivity contribution is 5.83. The van der Waals surface area contributed by atoms with Crippen LogP contribution in [0.5, 0.6) is 5.75 Å². The van der Waals surface area contributed by atoms with Gasteiger partial charge in [-0.25, -0.2) is 4.98 Å². The van der Waals surface area contributed by atoms with Gasteiger partial charge in [-0.2, -0.15) is 0 Å². The molecule has 1 aromatic carbocycles. The molecule has 4 aromatic rings. The van der Waals surface area contributed by atoms with Crippen LogP contribution in [-0.4, -0.2) is 57.1 Å². The third-order valence-corrected chi connectivity index (χ3v) is 5.83. The molecule has 0 atom stereocenters. The molecule has 4 heterocycles. The molecule has 1 aliphatic rings. The maximum absolute atomic E-state index is 5.96. The number of benzene rings is 1. The molecule has 0 amide bonds.